The molecule has 0 aliphatic rings. The molecule has 0 radical (unpaired) electrons. The number of benzene rings is 3. The van der Waals surface area contributed by atoms with Gasteiger partial charge in [0.1, 0.15) is 11.5 Å². The fraction of sp³-hybridized carbons (Fsp3) is 0.115. The highest BCUT2D eigenvalue weighted by Crippen LogP contribution is 2.38. The Kier molecular flexibility index (Phi) is 5.66. The summed E-state index contributed by atoms with van der Waals surface area (Å²) in [5, 5.41) is 0. The van der Waals surface area contributed by atoms with Gasteiger partial charge in [0.15, 0.2) is 0 Å². The topological polar surface area (TPSA) is 34.6 Å². The molecule has 0 unspecified atom stereocenters. The summed E-state index contributed by atoms with van der Waals surface area (Å²) in [5.41, 5.74) is 5.90. The molecule has 0 atom stereocenters. The third-order valence-electron chi connectivity index (χ3n) is 4.91. The molecule has 1 aromatic heterocycles. The number of anilines is 3. The van der Waals surface area contributed by atoms with Crippen molar-refractivity contribution >= 4 is 17.1 Å². The van der Waals surface area contributed by atoms with E-state index in [0.717, 1.165) is 45.5 Å². The van der Waals surface area contributed by atoms with Gasteiger partial charge in [-0.3, -0.25) is 4.98 Å². The molecule has 0 N–H and O–H groups in total. The van der Waals surface area contributed by atoms with Crippen LogP contribution < -0.4 is 14.4 Å². The molecule has 150 valence electrons. The predicted molar refractivity (Wildman–Crippen MR) is 122 cm³/mol. The minimum Gasteiger partial charge on any atom is -0.497 e. The Morgan fingerprint density at radius 1 is 0.667 bits per heavy atom. The van der Waals surface area contributed by atoms with Crippen molar-refractivity contribution < 1.29 is 9.47 Å². The molecule has 4 aromatic rings. The number of rotatable bonds is 6. The van der Waals surface area contributed by atoms with Gasteiger partial charge in [-0.15, -0.1) is 0 Å². The maximum absolute atomic E-state index is 5.62. The second-order valence-corrected chi connectivity index (χ2v) is 6.92. The Hall–Kier alpha value is -3.79. The average Bonchev–Trinajstić information content (AvgIpc) is 2.80. The summed E-state index contributed by atoms with van der Waals surface area (Å²) >= 11 is 0. The lowest BCUT2D eigenvalue weighted by Gasteiger charge is -2.26. The first-order chi connectivity index (χ1) is 14.7. The van der Waals surface area contributed by atoms with Gasteiger partial charge in [-0.25, -0.2) is 0 Å². The smallest absolute Gasteiger partial charge is 0.131 e. The first-order valence-corrected chi connectivity index (χ1v) is 9.81. The Balaban J connectivity index is 1.88. The molecule has 0 amide bonds. The van der Waals surface area contributed by atoms with E-state index in [2.05, 4.69) is 41.3 Å². The first kappa shape index (κ1) is 19.5. The number of hydrogen-bond donors (Lipinski definition) is 0. The van der Waals surface area contributed by atoms with Crippen LogP contribution in [0, 0.1) is 6.92 Å². The molecule has 30 heavy (non-hydrogen) atoms. The van der Waals surface area contributed by atoms with E-state index in [1.165, 1.54) is 0 Å². The summed E-state index contributed by atoms with van der Waals surface area (Å²) in [4.78, 5) is 7.02. The maximum atomic E-state index is 5.62. The summed E-state index contributed by atoms with van der Waals surface area (Å²) in [5.74, 6) is 1.48. The Morgan fingerprint density at radius 3 is 1.87 bits per heavy atom. The van der Waals surface area contributed by atoms with E-state index in [1.807, 2.05) is 61.5 Å². The molecule has 0 saturated heterocycles. The van der Waals surface area contributed by atoms with E-state index < -0.39 is 0 Å². The van der Waals surface area contributed by atoms with Crippen LogP contribution in [-0.2, 0) is 0 Å². The molecule has 4 rings (SSSR count). The second kappa shape index (κ2) is 8.70. The second-order valence-electron chi connectivity index (χ2n) is 6.92. The lowest BCUT2D eigenvalue weighted by molar-refractivity contribution is 0.395. The molecular weight excluding hydrogens is 372 g/mol. The van der Waals surface area contributed by atoms with Crippen LogP contribution in [0.3, 0.4) is 0 Å². The van der Waals surface area contributed by atoms with Crippen molar-refractivity contribution in [1.82, 2.24) is 4.98 Å². The van der Waals surface area contributed by atoms with E-state index in [1.54, 1.807) is 14.2 Å². The van der Waals surface area contributed by atoms with Gasteiger partial charge < -0.3 is 14.4 Å². The molecule has 0 bridgehead atoms. The highest BCUT2D eigenvalue weighted by Gasteiger charge is 2.16. The van der Waals surface area contributed by atoms with Gasteiger partial charge in [0, 0.05) is 28.7 Å². The van der Waals surface area contributed by atoms with Crippen molar-refractivity contribution in [2.45, 2.75) is 6.92 Å². The fourth-order valence-corrected chi connectivity index (χ4v) is 3.53. The van der Waals surface area contributed by atoms with Gasteiger partial charge in [-0.1, -0.05) is 36.4 Å². The van der Waals surface area contributed by atoms with E-state index in [4.69, 9.17) is 14.5 Å². The number of ether oxygens (including phenoxy) is 2. The number of methoxy groups -OCH3 is 2. The fourth-order valence-electron chi connectivity index (χ4n) is 3.53. The Bertz CT molecular complexity index is 1090. The Morgan fingerprint density at radius 2 is 1.30 bits per heavy atom. The van der Waals surface area contributed by atoms with Crippen LogP contribution >= 0.6 is 0 Å². The van der Waals surface area contributed by atoms with Gasteiger partial charge >= 0.3 is 0 Å². The molecule has 1 heterocycles. The first-order valence-electron chi connectivity index (χ1n) is 9.81. The van der Waals surface area contributed by atoms with E-state index in [9.17, 15) is 0 Å². The monoisotopic (exact) mass is 396 g/mol. The number of pyridine rings is 1. The normalized spacial score (nSPS) is 10.5. The maximum Gasteiger partial charge on any atom is 0.131 e. The van der Waals surface area contributed by atoms with E-state index >= 15 is 0 Å². The van der Waals surface area contributed by atoms with Crippen LogP contribution in [-0.4, -0.2) is 19.2 Å². The standard InChI is InChI=1S/C26H24N2O2/c1-19-16-22(17-25(27-19)24-15-14-23(29-2)18-26(24)30-3)28(20-10-6-4-7-11-20)21-12-8-5-9-13-21/h4-18H,1-3H3. The number of aromatic nitrogens is 1. The Labute approximate surface area is 177 Å². The minimum atomic E-state index is 0.726. The molecule has 0 saturated carbocycles. The molecular formula is C26H24N2O2. The minimum absolute atomic E-state index is 0.726. The van der Waals surface area contributed by atoms with Crippen molar-refractivity contribution in [2.24, 2.45) is 0 Å². The summed E-state index contributed by atoms with van der Waals surface area (Å²) in [6, 6.07) is 30.7. The van der Waals surface area contributed by atoms with Crippen molar-refractivity contribution in [3.8, 4) is 22.8 Å². The van der Waals surface area contributed by atoms with Crippen LogP contribution in [0.15, 0.2) is 91.0 Å². The molecule has 3 aromatic carbocycles. The number of nitrogens with zero attached hydrogens (tertiary/aromatic N) is 2. The van der Waals surface area contributed by atoms with Crippen LogP contribution in [0.5, 0.6) is 11.5 Å². The molecule has 4 nitrogen and oxygen atoms in total. The summed E-state index contributed by atoms with van der Waals surface area (Å²) in [6.45, 7) is 2.01. The molecule has 0 aliphatic heterocycles. The van der Waals surface area contributed by atoms with Gasteiger partial charge in [0.25, 0.3) is 0 Å². The van der Waals surface area contributed by atoms with Crippen molar-refractivity contribution in [3.63, 3.8) is 0 Å². The molecule has 0 spiro atoms. The van der Waals surface area contributed by atoms with Crippen molar-refractivity contribution in [3.05, 3.63) is 96.7 Å². The number of para-hydroxylation sites is 2. The predicted octanol–water partition coefficient (Wildman–Crippen LogP) is 6.54. The number of aryl methyl sites for hydroxylation is 1. The average molecular weight is 396 g/mol. The molecule has 4 heteroatoms. The third-order valence-corrected chi connectivity index (χ3v) is 4.91. The molecule has 0 aliphatic carbocycles. The highest BCUT2D eigenvalue weighted by molar-refractivity contribution is 5.80. The molecule has 0 fully saturated rings. The van der Waals surface area contributed by atoms with Crippen LogP contribution in [0.1, 0.15) is 5.69 Å². The lowest BCUT2D eigenvalue weighted by Crippen LogP contribution is -2.10. The summed E-state index contributed by atoms with van der Waals surface area (Å²) in [6.07, 6.45) is 0. The largest absolute Gasteiger partial charge is 0.497 e. The quantitative estimate of drug-likeness (QED) is 0.370. The zero-order valence-electron chi connectivity index (χ0n) is 17.4. The lowest BCUT2D eigenvalue weighted by atomic mass is 10.1. The van der Waals surface area contributed by atoms with Crippen LogP contribution in [0.2, 0.25) is 0 Å². The summed E-state index contributed by atoms with van der Waals surface area (Å²) in [7, 11) is 3.31. The zero-order valence-corrected chi connectivity index (χ0v) is 17.4. The summed E-state index contributed by atoms with van der Waals surface area (Å²) < 4.78 is 11.0. The van der Waals surface area contributed by atoms with Crippen molar-refractivity contribution in [2.75, 3.05) is 19.1 Å². The zero-order chi connectivity index (χ0) is 20.9. The van der Waals surface area contributed by atoms with E-state index in [0.29, 0.717) is 0 Å². The third kappa shape index (κ3) is 3.98. The number of hydrogen-bond acceptors (Lipinski definition) is 4. The van der Waals surface area contributed by atoms with Gasteiger partial charge in [0.2, 0.25) is 0 Å². The van der Waals surface area contributed by atoms with E-state index in [-0.39, 0.29) is 0 Å². The van der Waals surface area contributed by atoms with Crippen molar-refractivity contribution in [1.29, 1.82) is 0 Å². The SMILES string of the molecule is COc1ccc(-c2cc(N(c3ccccc3)c3ccccc3)cc(C)n2)c(OC)c1. The van der Waals surface area contributed by atoms with Crippen LogP contribution in [0.25, 0.3) is 11.3 Å². The highest BCUT2D eigenvalue weighted by atomic mass is 16.5. The van der Waals surface area contributed by atoms with Crippen LogP contribution in [0.4, 0.5) is 17.1 Å². The van der Waals surface area contributed by atoms with Gasteiger partial charge in [-0.2, -0.15) is 0 Å². The van der Waals surface area contributed by atoms with Gasteiger partial charge in [0.05, 0.1) is 25.6 Å². The van der Waals surface area contributed by atoms with Gasteiger partial charge in [-0.05, 0) is 55.5 Å².